The van der Waals surface area contributed by atoms with Gasteiger partial charge in [-0.05, 0) is 19.4 Å². The van der Waals surface area contributed by atoms with E-state index in [1.54, 1.807) is 6.20 Å². The number of carbonyl (C=O) groups excluding carboxylic acids is 1. The minimum Gasteiger partial charge on any atom is -0.373 e. The molecule has 1 atom stereocenters. The third-order valence-corrected chi connectivity index (χ3v) is 3.43. The lowest BCUT2D eigenvalue weighted by Crippen LogP contribution is -2.37. The number of pyridine rings is 1. The second kappa shape index (κ2) is 4.24. The molecule has 17 heavy (non-hydrogen) atoms. The number of anilines is 2. The first-order valence-corrected chi connectivity index (χ1v) is 5.74. The molecule has 1 aromatic rings. The van der Waals surface area contributed by atoms with Crippen molar-refractivity contribution in [1.82, 2.24) is 4.98 Å². The highest BCUT2D eigenvalue weighted by atomic mass is 16.1. The van der Waals surface area contributed by atoms with Gasteiger partial charge in [0.1, 0.15) is 5.82 Å². The van der Waals surface area contributed by atoms with Gasteiger partial charge < -0.3 is 16.0 Å². The van der Waals surface area contributed by atoms with Crippen LogP contribution in [-0.2, 0) is 4.79 Å². The largest absolute Gasteiger partial charge is 0.373 e. The summed E-state index contributed by atoms with van der Waals surface area (Å²) in [5, 5.41) is 3.00. The minimum atomic E-state index is -0.414. The van der Waals surface area contributed by atoms with Gasteiger partial charge in [-0.15, -0.1) is 0 Å². The zero-order valence-corrected chi connectivity index (χ0v) is 10.2. The first kappa shape index (κ1) is 11.7. The lowest BCUT2D eigenvalue weighted by atomic mass is 9.89. The number of nitrogens with zero attached hydrogens (tertiary/aromatic N) is 2. The number of nitrogens with one attached hydrogen (secondary N) is 1. The third-order valence-electron chi connectivity index (χ3n) is 3.43. The van der Waals surface area contributed by atoms with Gasteiger partial charge in [-0.2, -0.15) is 0 Å². The number of aromatic nitrogens is 1. The molecule has 0 spiro atoms. The minimum absolute atomic E-state index is 0.220. The van der Waals surface area contributed by atoms with Crippen molar-refractivity contribution in [2.24, 2.45) is 11.1 Å². The van der Waals surface area contributed by atoms with E-state index < -0.39 is 5.41 Å². The van der Waals surface area contributed by atoms with Crippen molar-refractivity contribution in [2.75, 3.05) is 30.4 Å². The van der Waals surface area contributed by atoms with Gasteiger partial charge in [-0.1, -0.05) is 0 Å². The van der Waals surface area contributed by atoms with Crippen LogP contribution in [0.1, 0.15) is 13.3 Å². The molecule has 0 radical (unpaired) electrons. The Bertz CT molecular complexity index is 434. The summed E-state index contributed by atoms with van der Waals surface area (Å²) in [6, 6.07) is 3.93. The first-order valence-electron chi connectivity index (χ1n) is 5.74. The Morgan fingerprint density at radius 3 is 3.00 bits per heavy atom. The number of primary amides is 1. The Hall–Kier alpha value is -1.78. The van der Waals surface area contributed by atoms with Crippen LogP contribution < -0.4 is 16.0 Å². The third kappa shape index (κ3) is 2.18. The van der Waals surface area contributed by atoms with Gasteiger partial charge in [0.15, 0.2) is 0 Å². The molecule has 3 N–H and O–H groups in total. The molecule has 0 aliphatic carbocycles. The zero-order chi connectivity index (χ0) is 12.5. The van der Waals surface area contributed by atoms with Gasteiger partial charge in [0.05, 0.1) is 5.41 Å². The van der Waals surface area contributed by atoms with Crippen molar-refractivity contribution < 1.29 is 4.79 Å². The summed E-state index contributed by atoms with van der Waals surface area (Å²) in [7, 11) is 1.84. The Balaban J connectivity index is 2.17. The maximum atomic E-state index is 11.4. The van der Waals surface area contributed by atoms with E-state index in [9.17, 15) is 4.79 Å². The van der Waals surface area contributed by atoms with Crippen molar-refractivity contribution in [3.63, 3.8) is 0 Å². The fraction of sp³-hybridized carbons (Fsp3) is 0.500. The molecule has 1 amide bonds. The van der Waals surface area contributed by atoms with E-state index in [2.05, 4.69) is 15.2 Å². The monoisotopic (exact) mass is 234 g/mol. The van der Waals surface area contributed by atoms with Gasteiger partial charge >= 0.3 is 0 Å². The SMILES string of the molecule is CNc1cc(N2CCC(C)(C(N)=O)C2)ccn1. The molecule has 1 aliphatic rings. The smallest absolute Gasteiger partial charge is 0.225 e. The molecule has 2 heterocycles. The van der Waals surface area contributed by atoms with E-state index in [1.807, 2.05) is 26.1 Å². The molecule has 1 saturated heterocycles. The van der Waals surface area contributed by atoms with Gasteiger partial charge in [0, 0.05) is 38.1 Å². The molecule has 5 nitrogen and oxygen atoms in total. The molecule has 2 rings (SSSR count). The van der Waals surface area contributed by atoms with Crippen LogP contribution >= 0.6 is 0 Å². The normalized spacial score (nSPS) is 23.8. The quantitative estimate of drug-likeness (QED) is 0.812. The van der Waals surface area contributed by atoms with E-state index in [0.717, 1.165) is 24.5 Å². The summed E-state index contributed by atoms with van der Waals surface area (Å²) in [4.78, 5) is 17.7. The standard InChI is InChI=1S/C12H18N4O/c1-12(11(13)17)4-6-16(8-12)9-3-5-15-10(7-9)14-2/h3,5,7H,4,6,8H2,1-2H3,(H2,13,17)(H,14,15). The van der Waals surface area contributed by atoms with Crippen LogP contribution in [0.3, 0.4) is 0 Å². The molecule has 0 bridgehead atoms. The highest BCUT2D eigenvalue weighted by molar-refractivity contribution is 5.82. The molecule has 0 aromatic carbocycles. The number of hydrogen-bond donors (Lipinski definition) is 2. The van der Waals surface area contributed by atoms with Crippen molar-refractivity contribution >= 4 is 17.4 Å². The van der Waals surface area contributed by atoms with Gasteiger partial charge in [-0.3, -0.25) is 4.79 Å². The summed E-state index contributed by atoms with van der Waals surface area (Å²) in [6.07, 6.45) is 2.57. The average molecular weight is 234 g/mol. The fourth-order valence-corrected chi connectivity index (χ4v) is 2.14. The molecule has 5 heteroatoms. The summed E-state index contributed by atoms with van der Waals surface area (Å²) >= 11 is 0. The van der Waals surface area contributed by atoms with Crippen molar-refractivity contribution in [3.05, 3.63) is 18.3 Å². The molecule has 1 aromatic heterocycles. The highest BCUT2D eigenvalue weighted by Gasteiger charge is 2.38. The lowest BCUT2D eigenvalue weighted by Gasteiger charge is -2.22. The summed E-state index contributed by atoms with van der Waals surface area (Å²) in [6.45, 7) is 3.46. The molecule has 1 unspecified atom stereocenters. The lowest BCUT2D eigenvalue weighted by molar-refractivity contribution is -0.125. The second-order valence-corrected chi connectivity index (χ2v) is 4.75. The average Bonchev–Trinajstić information content (AvgIpc) is 2.74. The van der Waals surface area contributed by atoms with Gasteiger partial charge in [-0.25, -0.2) is 4.98 Å². The van der Waals surface area contributed by atoms with Crippen LogP contribution in [0.25, 0.3) is 0 Å². The predicted octanol–water partition coefficient (Wildman–Crippen LogP) is 0.825. The number of carbonyl (C=O) groups is 1. The molecular weight excluding hydrogens is 216 g/mol. The fourth-order valence-electron chi connectivity index (χ4n) is 2.14. The highest BCUT2D eigenvalue weighted by Crippen LogP contribution is 2.33. The van der Waals surface area contributed by atoms with E-state index in [-0.39, 0.29) is 5.91 Å². The number of nitrogens with two attached hydrogens (primary N) is 1. The van der Waals surface area contributed by atoms with Crippen LogP contribution in [-0.4, -0.2) is 31.0 Å². The number of amides is 1. The van der Waals surface area contributed by atoms with Crippen LogP contribution in [0, 0.1) is 5.41 Å². The van der Waals surface area contributed by atoms with E-state index in [0.29, 0.717) is 6.54 Å². The van der Waals surface area contributed by atoms with Crippen LogP contribution in [0.4, 0.5) is 11.5 Å². The predicted molar refractivity (Wildman–Crippen MR) is 67.9 cm³/mol. The summed E-state index contributed by atoms with van der Waals surface area (Å²) in [5.74, 6) is 0.609. The van der Waals surface area contributed by atoms with Crippen molar-refractivity contribution in [2.45, 2.75) is 13.3 Å². The van der Waals surface area contributed by atoms with E-state index >= 15 is 0 Å². The van der Waals surface area contributed by atoms with Gasteiger partial charge in [0.2, 0.25) is 5.91 Å². The van der Waals surface area contributed by atoms with Crippen LogP contribution in [0.5, 0.6) is 0 Å². The topological polar surface area (TPSA) is 71.2 Å². The molecule has 92 valence electrons. The van der Waals surface area contributed by atoms with Crippen LogP contribution in [0.15, 0.2) is 18.3 Å². The molecular formula is C12H18N4O. The summed E-state index contributed by atoms with van der Waals surface area (Å²) in [5.41, 5.74) is 6.10. The molecule has 0 saturated carbocycles. The molecule has 1 aliphatic heterocycles. The Labute approximate surface area is 101 Å². The Morgan fingerprint density at radius 2 is 2.41 bits per heavy atom. The maximum Gasteiger partial charge on any atom is 0.225 e. The zero-order valence-electron chi connectivity index (χ0n) is 10.2. The van der Waals surface area contributed by atoms with Crippen molar-refractivity contribution in [3.8, 4) is 0 Å². The first-order chi connectivity index (χ1) is 8.05. The maximum absolute atomic E-state index is 11.4. The Morgan fingerprint density at radius 1 is 1.65 bits per heavy atom. The summed E-state index contributed by atoms with van der Waals surface area (Å²) < 4.78 is 0. The number of rotatable bonds is 3. The van der Waals surface area contributed by atoms with E-state index in [4.69, 9.17) is 5.73 Å². The molecule has 1 fully saturated rings. The number of hydrogen-bond acceptors (Lipinski definition) is 4. The second-order valence-electron chi connectivity index (χ2n) is 4.75. The van der Waals surface area contributed by atoms with Gasteiger partial charge in [0.25, 0.3) is 0 Å². The van der Waals surface area contributed by atoms with Crippen LogP contribution in [0.2, 0.25) is 0 Å². The van der Waals surface area contributed by atoms with E-state index in [1.165, 1.54) is 0 Å². The Kier molecular flexibility index (Phi) is 2.92. The van der Waals surface area contributed by atoms with Crippen molar-refractivity contribution in [1.29, 1.82) is 0 Å².